The van der Waals surface area contributed by atoms with Gasteiger partial charge in [0.15, 0.2) is 11.5 Å². The van der Waals surface area contributed by atoms with Gasteiger partial charge in [-0.15, -0.1) is 0 Å². The standard InChI is InChI=1S/C22H19BrFNO2/c1-2-26-21-13-17(14-25-19-6-4-3-5-7-19)12-20(23)22(21)27-15-16-8-10-18(24)11-9-16/h3-14H,2,15H2,1H3. The number of hydrogen-bond acceptors (Lipinski definition) is 3. The smallest absolute Gasteiger partial charge is 0.175 e. The van der Waals surface area contributed by atoms with Gasteiger partial charge in [0, 0.05) is 6.21 Å². The zero-order valence-electron chi connectivity index (χ0n) is 14.9. The lowest BCUT2D eigenvalue weighted by atomic mass is 10.2. The number of halogens is 2. The Balaban J connectivity index is 1.81. The molecule has 0 heterocycles. The first-order valence-electron chi connectivity index (χ1n) is 8.58. The Morgan fingerprint density at radius 2 is 1.74 bits per heavy atom. The van der Waals surface area contributed by atoms with E-state index in [4.69, 9.17) is 9.47 Å². The molecule has 0 N–H and O–H groups in total. The molecule has 0 radical (unpaired) electrons. The third-order valence-electron chi connectivity index (χ3n) is 3.75. The number of nitrogens with zero attached hydrogens (tertiary/aromatic N) is 1. The van der Waals surface area contributed by atoms with E-state index >= 15 is 0 Å². The molecule has 0 saturated heterocycles. The van der Waals surface area contributed by atoms with E-state index in [1.165, 1.54) is 12.1 Å². The molecule has 3 aromatic carbocycles. The molecule has 3 rings (SSSR count). The van der Waals surface area contributed by atoms with Crippen molar-refractivity contribution >= 4 is 27.8 Å². The van der Waals surface area contributed by atoms with Crippen molar-refractivity contribution in [3.8, 4) is 11.5 Å². The van der Waals surface area contributed by atoms with Gasteiger partial charge < -0.3 is 9.47 Å². The number of hydrogen-bond donors (Lipinski definition) is 0. The molecule has 0 spiro atoms. The molecular weight excluding hydrogens is 409 g/mol. The molecule has 0 unspecified atom stereocenters. The third kappa shape index (κ3) is 5.41. The fourth-order valence-electron chi connectivity index (χ4n) is 2.46. The van der Waals surface area contributed by atoms with E-state index in [0.29, 0.717) is 24.7 Å². The molecule has 138 valence electrons. The fourth-order valence-corrected chi connectivity index (χ4v) is 3.04. The predicted molar refractivity (Wildman–Crippen MR) is 110 cm³/mol. The van der Waals surface area contributed by atoms with Crippen LogP contribution in [0.25, 0.3) is 0 Å². The summed E-state index contributed by atoms with van der Waals surface area (Å²) in [7, 11) is 0. The van der Waals surface area contributed by atoms with Gasteiger partial charge in [-0.2, -0.15) is 0 Å². The SMILES string of the molecule is CCOc1cc(C=Nc2ccccc2)cc(Br)c1OCc1ccc(F)cc1. The van der Waals surface area contributed by atoms with Crippen LogP contribution in [0.3, 0.4) is 0 Å². The highest BCUT2D eigenvalue weighted by Crippen LogP contribution is 2.37. The van der Waals surface area contributed by atoms with Crippen LogP contribution in [0, 0.1) is 5.82 Å². The Labute approximate surface area is 166 Å². The van der Waals surface area contributed by atoms with E-state index in [9.17, 15) is 4.39 Å². The molecule has 0 saturated carbocycles. The summed E-state index contributed by atoms with van der Waals surface area (Å²) in [6.45, 7) is 2.75. The van der Waals surface area contributed by atoms with Crippen LogP contribution in [0.5, 0.6) is 11.5 Å². The van der Waals surface area contributed by atoms with Crippen molar-refractivity contribution in [2.24, 2.45) is 4.99 Å². The average molecular weight is 428 g/mol. The zero-order valence-corrected chi connectivity index (χ0v) is 16.4. The van der Waals surface area contributed by atoms with Gasteiger partial charge in [-0.05, 0) is 70.4 Å². The molecule has 0 aliphatic heterocycles. The van der Waals surface area contributed by atoms with E-state index in [1.807, 2.05) is 49.4 Å². The Morgan fingerprint density at radius 1 is 1.00 bits per heavy atom. The van der Waals surface area contributed by atoms with Gasteiger partial charge in [-0.25, -0.2) is 4.39 Å². The van der Waals surface area contributed by atoms with Gasteiger partial charge in [0.25, 0.3) is 0 Å². The summed E-state index contributed by atoms with van der Waals surface area (Å²) in [6, 6.07) is 19.8. The minimum absolute atomic E-state index is 0.267. The maximum atomic E-state index is 13.0. The number of aliphatic imine (C=N–C) groups is 1. The highest BCUT2D eigenvalue weighted by Gasteiger charge is 2.12. The lowest BCUT2D eigenvalue weighted by Crippen LogP contribution is -2.01. The van der Waals surface area contributed by atoms with Gasteiger partial charge in [-0.1, -0.05) is 30.3 Å². The van der Waals surface area contributed by atoms with Crippen LogP contribution in [-0.2, 0) is 6.61 Å². The van der Waals surface area contributed by atoms with Gasteiger partial charge in [0.2, 0.25) is 0 Å². The Bertz CT molecular complexity index is 912. The first-order chi connectivity index (χ1) is 13.2. The van der Waals surface area contributed by atoms with Crippen molar-refractivity contribution in [2.75, 3.05) is 6.61 Å². The van der Waals surface area contributed by atoms with Crippen LogP contribution in [-0.4, -0.2) is 12.8 Å². The lowest BCUT2D eigenvalue weighted by molar-refractivity contribution is 0.267. The van der Waals surface area contributed by atoms with Crippen LogP contribution < -0.4 is 9.47 Å². The van der Waals surface area contributed by atoms with Gasteiger partial charge in [-0.3, -0.25) is 4.99 Å². The van der Waals surface area contributed by atoms with Crippen LogP contribution >= 0.6 is 15.9 Å². The highest BCUT2D eigenvalue weighted by atomic mass is 79.9. The molecule has 0 aromatic heterocycles. The summed E-state index contributed by atoms with van der Waals surface area (Å²) < 4.78 is 25.5. The monoisotopic (exact) mass is 427 g/mol. The van der Waals surface area contributed by atoms with Gasteiger partial charge in [0.1, 0.15) is 12.4 Å². The van der Waals surface area contributed by atoms with E-state index in [0.717, 1.165) is 21.3 Å². The number of para-hydroxylation sites is 1. The second kappa shape index (κ2) is 9.33. The maximum absolute atomic E-state index is 13.0. The van der Waals surface area contributed by atoms with E-state index in [-0.39, 0.29) is 5.82 Å². The minimum Gasteiger partial charge on any atom is -0.490 e. The summed E-state index contributed by atoms with van der Waals surface area (Å²) in [5, 5.41) is 0. The van der Waals surface area contributed by atoms with Crippen LogP contribution in [0.15, 0.2) is 76.2 Å². The molecule has 0 atom stereocenters. The Kier molecular flexibility index (Phi) is 6.60. The Hall–Kier alpha value is -2.66. The van der Waals surface area contributed by atoms with Crippen molar-refractivity contribution in [2.45, 2.75) is 13.5 Å². The topological polar surface area (TPSA) is 30.8 Å². The van der Waals surface area contributed by atoms with Crippen LogP contribution in [0.2, 0.25) is 0 Å². The molecule has 3 nitrogen and oxygen atoms in total. The summed E-state index contributed by atoms with van der Waals surface area (Å²) in [6.07, 6.45) is 1.78. The van der Waals surface area contributed by atoms with Gasteiger partial charge in [0.05, 0.1) is 16.8 Å². The van der Waals surface area contributed by atoms with E-state index < -0.39 is 0 Å². The molecule has 0 aliphatic rings. The van der Waals surface area contributed by atoms with Crippen molar-refractivity contribution < 1.29 is 13.9 Å². The normalized spacial score (nSPS) is 10.9. The number of rotatable bonds is 7. The molecule has 5 heteroatoms. The first-order valence-corrected chi connectivity index (χ1v) is 9.37. The molecule has 0 aliphatic carbocycles. The molecular formula is C22H19BrFNO2. The number of benzene rings is 3. The maximum Gasteiger partial charge on any atom is 0.175 e. The average Bonchev–Trinajstić information content (AvgIpc) is 2.68. The Morgan fingerprint density at radius 3 is 2.44 bits per heavy atom. The number of ether oxygens (including phenoxy) is 2. The van der Waals surface area contributed by atoms with Crippen LogP contribution in [0.1, 0.15) is 18.1 Å². The van der Waals surface area contributed by atoms with Crippen LogP contribution in [0.4, 0.5) is 10.1 Å². The van der Waals surface area contributed by atoms with Crippen molar-refractivity contribution in [1.29, 1.82) is 0 Å². The highest BCUT2D eigenvalue weighted by molar-refractivity contribution is 9.10. The second-order valence-corrected chi connectivity index (χ2v) is 6.63. The lowest BCUT2D eigenvalue weighted by Gasteiger charge is -2.14. The first kappa shape index (κ1) is 19.1. The zero-order chi connectivity index (χ0) is 19.1. The summed E-state index contributed by atoms with van der Waals surface area (Å²) in [5.41, 5.74) is 2.65. The molecule has 0 fully saturated rings. The molecule has 27 heavy (non-hydrogen) atoms. The summed E-state index contributed by atoms with van der Waals surface area (Å²) >= 11 is 3.55. The third-order valence-corrected chi connectivity index (χ3v) is 4.34. The fraction of sp³-hybridized carbons (Fsp3) is 0.136. The molecule has 0 bridgehead atoms. The molecule has 3 aromatic rings. The van der Waals surface area contributed by atoms with Crippen molar-refractivity contribution in [3.05, 3.63) is 88.1 Å². The van der Waals surface area contributed by atoms with E-state index in [2.05, 4.69) is 20.9 Å². The van der Waals surface area contributed by atoms with Crippen molar-refractivity contribution in [1.82, 2.24) is 0 Å². The predicted octanol–water partition coefficient (Wildman–Crippen LogP) is 6.32. The molecule has 0 amide bonds. The summed E-state index contributed by atoms with van der Waals surface area (Å²) in [5.74, 6) is 0.971. The second-order valence-electron chi connectivity index (χ2n) is 5.77. The van der Waals surface area contributed by atoms with Gasteiger partial charge >= 0.3 is 0 Å². The minimum atomic E-state index is -0.267. The van der Waals surface area contributed by atoms with E-state index in [1.54, 1.807) is 18.3 Å². The largest absolute Gasteiger partial charge is 0.490 e. The quantitative estimate of drug-likeness (QED) is 0.413. The van der Waals surface area contributed by atoms with Crippen molar-refractivity contribution in [3.63, 3.8) is 0 Å². The summed E-state index contributed by atoms with van der Waals surface area (Å²) in [4.78, 5) is 4.47.